The number of rotatable bonds is 4. The second-order valence-corrected chi connectivity index (χ2v) is 6.76. The monoisotopic (exact) mass is 366 g/mol. The summed E-state index contributed by atoms with van der Waals surface area (Å²) in [6.45, 7) is 3.75. The molecule has 0 spiro atoms. The topological polar surface area (TPSA) is 59.5 Å². The zero-order valence-corrected chi connectivity index (χ0v) is 15.8. The Morgan fingerprint density at radius 2 is 1.67 bits per heavy atom. The van der Waals surface area contributed by atoms with Gasteiger partial charge in [0.05, 0.1) is 17.9 Å². The smallest absolute Gasteiger partial charge is 0.340 e. The van der Waals surface area contributed by atoms with Crippen molar-refractivity contribution in [2.75, 3.05) is 19.7 Å². The van der Waals surface area contributed by atoms with Crippen molar-refractivity contribution < 1.29 is 14.3 Å². The van der Waals surface area contributed by atoms with Gasteiger partial charge >= 0.3 is 5.97 Å². The summed E-state index contributed by atoms with van der Waals surface area (Å²) >= 11 is 0. The molecule has 0 unspecified atom stereocenters. The third-order valence-corrected chi connectivity index (χ3v) is 4.85. The summed E-state index contributed by atoms with van der Waals surface area (Å²) in [5, 5.41) is 0. The van der Waals surface area contributed by atoms with Crippen LogP contribution in [0, 0.1) is 0 Å². The Morgan fingerprint density at radius 3 is 2.33 bits per heavy atom. The lowest BCUT2D eigenvalue weighted by Crippen LogP contribution is -2.33. The van der Waals surface area contributed by atoms with Crippen LogP contribution in [0.2, 0.25) is 0 Å². The van der Waals surface area contributed by atoms with Gasteiger partial charge in [-0.2, -0.15) is 0 Å². The van der Waals surface area contributed by atoms with Gasteiger partial charge in [0.25, 0.3) is 5.91 Å². The molecular weight excluding hydrogens is 340 g/mol. The lowest BCUT2D eigenvalue weighted by atomic mass is 10.0. The highest BCUT2D eigenvalue weighted by molar-refractivity contribution is 5.97. The van der Waals surface area contributed by atoms with Crippen LogP contribution >= 0.6 is 0 Å². The number of nitrogens with zero attached hydrogens (tertiary/aromatic N) is 2. The number of carbonyl (C=O) groups is 2. The van der Waals surface area contributed by atoms with Crippen molar-refractivity contribution in [1.29, 1.82) is 0 Å². The van der Waals surface area contributed by atoms with Crippen LogP contribution in [-0.4, -0.2) is 41.5 Å². The van der Waals surface area contributed by atoms with E-state index in [1.807, 2.05) is 29.2 Å². The minimum Gasteiger partial charge on any atom is -0.462 e. The molecule has 1 aliphatic heterocycles. The maximum atomic E-state index is 12.8. The third-order valence-electron chi connectivity index (χ3n) is 4.85. The molecule has 0 saturated carbocycles. The Balaban J connectivity index is 1.79. The van der Waals surface area contributed by atoms with Crippen molar-refractivity contribution in [3.8, 4) is 11.3 Å². The zero-order chi connectivity index (χ0) is 19.1. The summed E-state index contributed by atoms with van der Waals surface area (Å²) in [4.78, 5) is 31.3. The largest absolute Gasteiger partial charge is 0.462 e. The van der Waals surface area contributed by atoms with Gasteiger partial charge in [0.15, 0.2) is 0 Å². The van der Waals surface area contributed by atoms with E-state index >= 15 is 0 Å². The van der Waals surface area contributed by atoms with E-state index in [0.29, 0.717) is 23.4 Å². The first-order valence-electron chi connectivity index (χ1n) is 9.72. The fraction of sp³-hybridized carbons (Fsp3) is 0.409. The quantitative estimate of drug-likeness (QED) is 0.756. The number of ether oxygens (including phenoxy) is 1. The fourth-order valence-corrected chi connectivity index (χ4v) is 3.41. The van der Waals surface area contributed by atoms with Crippen LogP contribution in [0.1, 0.15) is 59.7 Å². The van der Waals surface area contributed by atoms with Gasteiger partial charge in [-0.3, -0.25) is 9.78 Å². The number of pyridine rings is 1. The van der Waals surface area contributed by atoms with E-state index in [9.17, 15) is 9.59 Å². The Labute approximate surface area is 160 Å². The van der Waals surface area contributed by atoms with Gasteiger partial charge in [0.2, 0.25) is 0 Å². The minimum atomic E-state index is -0.388. The van der Waals surface area contributed by atoms with Crippen LogP contribution in [0.25, 0.3) is 11.3 Å². The molecule has 0 N–H and O–H groups in total. The van der Waals surface area contributed by atoms with Gasteiger partial charge in [0.1, 0.15) is 0 Å². The molecule has 2 heterocycles. The Bertz CT molecular complexity index is 778. The molecular formula is C22H26N2O3. The molecule has 1 aromatic carbocycles. The fourth-order valence-electron chi connectivity index (χ4n) is 3.41. The SMILES string of the molecule is CCOC(=O)c1cccnc1-c1ccc(C(=O)N2CCCCCCC2)cc1. The van der Waals surface area contributed by atoms with E-state index < -0.39 is 0 Å². The molecule has 1 amide bonds. The first kappa shape index (κ1) is 19.1. The summed E-state index contributed by atoms with van der Waals surface area (Å²) in [5.41, 5.74) is 2.47. The van der Waals surface area contributed by atoms with Crippen molar-refractivity contribution in [2.24, 2.45) is 0 Å². The molecule has 27 heavy (non-hydrogen) atoms. The summed E-state index contributed by atoms with van der Waals surface area (Å²) in [6.07, 6.45) is 7.44. The molecule has 2 aromatic rings. The van der Waals surface area contributed by atoms with Crippen molar-refractivity contribution in [1.82, 2.24) is 9.88 Å². The summed E-state index contributed by atoms with van der Waals surface area (Å²) in [6, 6.07) is 10.8. The highest BCUT2D eigenvalue weighted by Crippen LogP contribution is 2.23. The van der Waals surface area contributed by atoms with Crippen LogP contribution < -0.4 is 0 Å². The molecule has 3 rings (SSSR count). The van der Waals surface area contributed by atoms with Crippen LogP contribution in [0.5, 0.6) is 0 Å². The number of carbonyl (C=O) groups excluding carboxylic acids is 2. The van der Waals surface area contributed by atoms with E-state index in [1.165, 1.54) is 19.3 Å². The normalized spacial score (nSPS) is 14.9. The summed E-state index contributed by atoms with van der Waals surface area (Å²) in [7, 11) is 0. The zero-order valence-electron chi connectivity index (χ0n) is 15.8. The second kappa shape index (κ2) is 9.31. The lowest BCUT2D eigenvalue weighted by molar-refractivity contribution is 0.0526. The first-order valence-corrected chi connectivity index (χ1v) is 9.72. The second-order valence-electron chi connectivity index (χ2n) is 6.76. The Morgan fingerprint density at radius 1 is 1.00 bits per heavy atom. The third kappa shape index (κ3) is 4.73. The number of hydrogen-bond donors (Lipinski definition) is 0. The molecule has 1 aromatic heterocycles. The molecule has 5 nitrogen and oxygen atoms in total. The van der Waals surface area contributed by atoms with Gasteiger partial charge in [-0.15, -0.1) is 0 Å². The maximum Gasteiger partial charge on any atom is 0.340 e. The number of benzene rings is 1. The number of aromatic nitrogens is 1. The Hall–Kier alpha value is -2.69. The summed E-state index contributed by atoms with van der Waals surface area (Å²) < 4.78 is 5.11. The van der Waals surface area contributed by atoms with E-state index in [2.05, 4.69) is 4.98 Å². The van der Waals surface area contributed by atoms with Crippen LogP contribution in [0.4, 0.5) is 0 Å². The molecule has 1 fully saturated rings. The molecule has 0 aliphatic carbocycles. The molecule has 5 heteroatoms. The predicted octanol–water partition coefficient (Wildman–Crippen LogP) is 4.33. The van der Waals surface area contributed by atoms with Crippen LogP contribution in [0.3, 0.4) is 0 Å². The maximum absolute atomic E-state index is 12.8. The van der Waals surface area contributed by atoms with E-state index in [4.69, 9.17) is 4.74 Å². The highest BCUT2D eigenvalue weighted by atomic mass is 16.5. The molecule has 0 radical (unpaired) electrons. The van der Waals surface area contributed by atoms with Gasteiger partial charge in [-0.25, -0.2) is 4.79 Å². The van der Waals surface area contributed by atoms with Crippen LogP contribution in [-0.2, 0) is 4.74 Å². The van der Waals surface area contributed by atoms with E-state index in [1.54, 1.807) is 25.3 Å². The van der Waals surface area contributed by atoms with Crippen molar-refractivity contribution in [2.45, 2.75) is 39.0 Å². The minimum absolute atomic E-state index is 0.0788. The standard InChI is InChI=1S/C22H26N2O3/c1-2-27-22(26)19-9-8-14-23-20(19)17-10-12-18(13-11-17)21(25)24-15-6-4-3-5-7-16-24/h8-14H,2-7,15-16H2,1H3. The van der Waals surface area contributed by atoms with Gasteiger partial charge in [-0.1, -0.05) is 31.4 Å². The number of hydrogen-bond acceptors (Lipinski definition) is 4. The predicted molar refractivity (Wildman–Crippen MR) is 105 cm³/mol. The van der Waals surface area contributed by atoms with Crippen molar-refractivity contribution >= 4 is 11.9 Å². The average Bonchev–Trinajstić information content (AvgIpc) is 2.68. The van der Waals surface area contributed by atoms with Crippen LogP contribution in [0.15, 0.2) is 42.6 Å². The lowest BCUT2D eigenvalue weighted by Gasteiger charge is -2.25. The molecule has 0 atom stereocenters. The summed E-state index contributed by atoms with van der Waals surface area (Å²) in [5.74, 6) is -0.309. The van der Waals surface area contributed by atoms with E-state index in [-0.39, 0.29) is 11.9 Å². The van der Waals surface area contributed by atoms with Gasteiger partial charge in [-0.05, 0) is 44.0 Å². The Kier molecular flexibility index (Phi) is 6.58. The molecule has 142 valence electrons. The van der Waals surface area contributed by atoms with Crippen molar-refractivity contribution in [3.63, 3.8) is 0 Å². The van der Waals surface area contributed by atoms with Gasteiger partial charge < -0.3 is 9.64 Å². The highest BCUT2D eigenvalue weighted by Gasteiger charge is 2.18. The average molecular weight is 366 g/mol. The number of esters is 1. The number of likely N-dealkylation sites (tertiary alicyclic amines) is 1. The first-order chi connectivity index (χ1) is 13.2. The van der Waals surface area contributed by atoms with Gasteiger partial charge in [0, 0.05) is 30.4 Å². The molecule has 0 bridgehead atoms. The molecule has 1 aliphatic rings. The van der Waals surface area contributed by atoms with E-state index in [0.717, 1.165) is 31.5 Å². The molecule has 1 saturated heterocycles. The van der Waals surface area contributed by atoms with Crippen molar-refractivity contribution in [3.05, 3.63) is 53.7 Å². The number of amides is 1.